The number of nitrogens with two attached hydrogens (primary N) is 1. The molecule has 1 unspecified atom stereocenters. The predicted molar refractivity (Wildman–Crippen MR) is 76.5 cm³/mol. The molecule has 1 atom stereocenters. The summed E-state index contributed by atoms with van der Waals surface area (Å²) in [6, 6.07) is 3.49. The van der Waals surface area contributed by atoms with Crippen LogP contribution in [0.15, 0.2) is 12.1 Å². The van der Waals surface area contributed by atoms with Crippen molar-refractivity contribution in [2.24, 2.45) is 5.92 Å². The second kappa shape index (κ2) is 6.45. The molecule has 4 nitrogen and oxygen atoms in total. The number of anilines is 1. The van der Waals surface area contributed by atoms with Crippen molar-refractivity contribution in [1.29, 1.82) is 0 Å². The lowest BCUT2D eigenvalue weighted by molar-refractivity contribution is 0.0601. The Kier molecular flexibility index (Phi) is 5.21. The third-order valence-corrected chi connectivity index (χ3v) is 2.91. The second-order valence-corrected chi connectivity index (χ2v) is 5.25. The summed E-state index contributed by atoms with van der Waals surface area (Å²) in [7, 11) is 1.34. The zero-order valence-corrected chi connectivity index (χ0v) is 12.3. The highest BCUT2D eigenvalue weighted by Crippen LogP contribution is 2.26. The molecule has 0 aliphatic rings. The molecule has 0 bridgehead atoms. The molecule has 0 aromatic heterocycles. The van der Waals surface area contributed by atoms with E-state index in [1.54, 1.807) is 6.07 Å². The van der Waals surface area contributed by atoms with Crippen LogP contribution in [-0.2, 0) is 4.74 Å². The van der Waals surface area contributed by atoms with Crippen molar-refractivity contribution in [3.05, 3.63) is 23.3 Å². The minimum atomic E-state index is -0.442. The summed E-state index contributed by atoms with van der Waals surface area (Å²) in [6.07, 6.45) is 1.05. The Morgan fingerprint density at radius 2 is 1.95 bits per heavy atom. The molecule has 0 aliphatic heterocycles. The average Bonchev–Trinajstić information content (AvgIpc) is 2.31. The van der Waals surface area contributed by atoms with Gasteiger partial charge < -0.3 is 15.2 Å². The lowest BCUT2D eigenvalue weighted by Gasteiger charge is -2.18. The first-order valence-corrected chi connectivity index (χ1v) is 6.50. The van der Waals surface area contributed by atoms with Gasteiger partial charge in [-0.3, -0.25) is 0 Å². The van der Waals surface area contributed by atoms with Crippen LogP contribution in [0.2, 0.25) is 0 Å². The van der Waals surface area contributed by atoms with Crippen molar-refractivity contribution in [2.45, 2.75) is 40.2 Å². The van der Waals surface area contributed by atoms with Gasteiger partial charge in [0, 0.05) is 5.69 Å². The Labute approximate surface area is 114 Å². The third kappa shape index (κ3) is 4.16. The molecule has 0 spiro atoms. The largest absolute Gasteiger partial charge is 0.491 e. The normalized spacial score (nSPS) is 12.3. The van der Waals surface area contributed by atoms with Gasteiger partial charge >= 0.3 is 5.97 Å². The maximum absolute atomic E-state index is 11.6. The zero-order valence-electron chi connectivity index (χ0n) is 12.3. The smallest absolute Gasteiger partial charge is 0.340 e. The molecule has 2 N–H and O–H groups in total. The van der Waals surface area contributed by atoms with Crippen LogP contribution in [0.3, 0.4) is 0 Å². The molecule has 1 aromatic rings. The number of methoxy groups -OCH3 is 1. The number of hydrogen-bond donors (Lipinski definition) is 1. The van der Waals surface area contributed by atoms with Crippen molar-refractivity contribution >= 4 is 11.7 Å². The molecule has 0 amide bonds. The SMILES string of the molecule is COC(=O)c1cc(OC(C)CC(C)C)cc(C)c1N. The van der Waals surface area contributed by atoms with Crippen LogP contribution in [0.5, 0.6) is 5.75 Å². The predicted octanol–water partition coefficient (Wildman–Crippen LogP) is 3.18. The maximum Gasteiger partial charge on any atom is 0.340 e. The van der Waals surface area contributed by atoms with Crippen LogP contribution >= 0.6 is 0 Å². The Morgan fingerprint density at radius 3 is 2.47 bits per heavy atom. The Bertz CT molecular complexity index is 455. The molecule has 1 aromatic carbocycles. The molecular weight excluding hydrogens is 242 g/mol. The average molecular weight is 265 g/mol. The van der Waals surface area contributed by atoms with E-state index in [4.69, 9.17) is 15.2 Å². The fourth-order valence-corrected chi connectivity index (χ4v) is 2.06. The molecule has 0 fully saturated rings. The number of carbonyl (C=O) groups is 1. The maximum atomic E-state index is 11.6. The summed E-state index contributed by atoms with van der Waals surface area (Å²) in [6.45, 7) is 8.16. The molecule has 106 valence electrons. The number of esters is 1. The minimum absolute atomic E-state index is 0.0912. The van der Waals surface area contributed by atoms with E-state index in [0.29, 0.717) is 22.9 Å². The van der Waals surface area contributed by atoms with Crippen molar-refractivity contribution in [3.63, 3.8) is 0 Å². The number of aryl methyl sites for hydroxylation is 1. The fraction of sp³-hybridized carbons (Fsp3) is 0.533. The molecular formula is C15H23NO3. The number of hydrogen-bond acceptors (Lipinski definition) is 4. The third-order valence-electron chi connectivity index (χ3n) is 2.91. The number of ether oxygens (including phenoxy) is 2. The van der Waals surface area contributed by atoms with Crippen LogP contribution in [0.1, 0.15) is 43.1 Å². The van der Waals surface area contributed by atoms with Crippen LogP contribution in [0, 0.1) is 12.8 Å². The minimum Gasteiger partial charge on any atom is -0.491 e. The van der Waals surface area contributed by atoms with E-state index in [1.807, 2.05) is 19.9 Å². The monoisotopic (exact) mass is 265 g/mol. The van der Waals surface area contributed by atoms with Gasteiger partial charge in [0.25, 0.3) is 0 Å². The van der Waals surface area contributed by atoms with Gasteiger partial charge in [-0.1, -0.05) is 13.8 Å². The van der Waals surface area contributed by atoms with Gasteiger partial charge in [0.1, 0.15) is 5.75 Å². The first kappa shape index (κ1) is 15.3. The van der Waals surface area contributed by atoms with Gasteiger partial charge in [0.15, 0.2) is 0 Å². The van der Waals surface area contributed by atoms with Crippen LogP contribution in [0.4, 0.5) is 5.69 Å². The van der Waals surface area contributed by atoms with E-state index in [1.165, 1.54) is 7.11 Å². The summed E-state index contributed by atoms with van der Waals surface area (Å²) in [5, 5.41) is 0. The van der Waals surface area contributed by atoms with E-state index in [-0.39, 0.29) is 6.10 Å². The molecule has 0 saturated heterocycles. The van der Waals surface area contributed by atoms with Crippen LogP contribution in [0.25, 0.3) is 0 Å². The topological polar surface area (TPSA) is 61.5 Å². The van der Waals surface area contributed by atoms with E-state index >= 15 is 0 Å². The Hall–Kier alpha value is -1.71. The van der Waals surface area contributed by atoms with Gasteiger partial charge in [-0.05, 0) is 43.9 Å². The van der Waals surface area contributed by atoms with Crippen molar-refractivity contribution in [1.82, 2.24) is 0 Å². The Morgan fingerprint density at radius 1 is 1.32 bits per heavy atom. The van der Waals surface area contributed by atoms with Gasteiger partial charge in [-0.15, -0.1) is 0 Å². The molecule has 0 saturated carbocycles. The first-order chi connectivity index (χ1) is 8.85. The van der Waals surface area contributed by atoms with Crippen molar-refractivity contribution in [2.75, 3.05) is 12.8 Å². The molecule has 0 aliphatic carbocycles. The van der Waals surface area contributed by atoms with Crippen molar-refractivity contribution < 1.29 is 14.3 Å². The van der Waals surface area contributed by atoms with Gasteiger partial charge in [-0.25, -0.2) is 4.79 Å². The van der Waals surface area contributed by atoms with Gasteiger partial charge in [0.05, 0.1) is 18.8 Å². The highest BCUT2D eigenvalue weighted by molar-refractivity contribution is 5.96. The molecule has 19 heavy (non-hydrogen) atoms. The lowest BCUT2D eigenvalue weighted by Crippen LogP contribution is -2.15. The van der Waals surface area contributed by atoms with Crippen LogP contribution in [-0.4, -0.2) is 19.2 Å². The Balaban J connectivity index is 2.97. The highest BCUT2D eigenvalue weighted by atomic mass is 16.5. The number of nitrogen functional groups attached to an aromatic ring is 1. The standard InChI is InChI=1S/C15H23NO3/c1-9(2)6-11(4)19-12-7-10(3)14(16)13(8-12)15(17)18-5/h7-9,11H,6,16H2,1-5H3. The number of rotatable bonds is 5. The zero-order chi connectivity index (χ0) is 14.6. The summed E-state index contributed by atoms with van der Waals surface area (Å²) >= 11 is 0. The van der Waals surface area contributed by atoms with Crippen molar-refractivity contribution in [3.8, 4) is 5.75 Å². The van der Waals surface area contributed by atoms with E-state index in [2.05, 4.69) is 13.8 Å². The van der Waals surface area contributed by atoms with E-state index in [0.717, 1.165) is 12.0 Å². The lowest BCUT2D eigenvalue weighted by atomic mass is 10.1. The number of carbonyl (C=O) groups excluding carboxylic acids is 1. The second-order valence-electron chi connectivity index (χ2n) is 5.25. The molecule has 0 radical (unpaired) electrons. The van der Waals surface area contributed by atoms with Gasteiger partial charge in [0.2, 0.25) is 0 Å². The number of benzene rings is 1. The summed E-state index contributed by atoms with van der Waals surface area (Å²) < 4.78 is 10.6. The molecule has 4 heteroatoms. The van der Waals surface area contributed by atoms with E-state index < -0.39 is 5.97 Å². The summed E-state index contributed by atoms with van der Waals surface area (Å²) in [5.41, 5.74) is 7.49. The van der Waals surface area contributed by atoms with Crippen LogP contribution < -0.4 is 10.5 Å². The summed E-state index contributed by atoms with van der Waals surface area (Å²) in [5.74, 6) is 0.771. The molecule has 0 heterocycles. The quantitative estimate of drug-likeness (QED) is 0.656. The fourth-order valence-electron chi connectivity index (χ4n) is 2.06. The molecule has 1 rings (SSSR count). The highest BCUT2D eigenvalue weighted by Gasteiger charge is 2.15. The summed E-state index contributed by atoms with van der Waals surface area (Å²) in [4.78, 5) is 11.6. The van der Waals surface area contributed by atoms with E-state index in [9.17, 15) is 4.79 Å². The van der Waals surface area contributed by atoms with Gasteiger partial charge in [-0.2, -0.15) is 0 Å². The first-order valence-electron chi connectivity index (χ1n) is 6.50.